The van der Waals surface area contributed by atoms with Crippen LogP contribution in [0.2, 0.25) is 0 Å². The first-order chi connectivity index (χ1) is 8.18. The fourth-order valence-electron chi connectivity index (χ4n) is 1.65. The molecule has 17 heavy (non-hydrogen) atoms. The van der Waals surface area contributed by atoms with Crippen LogP contribution in [0.3, 0.4) is 0 Å². The van der Waals surface area contributed by atoms with Gasteiger partial charge in [-0.2, -0.15) is 0 Å². The maximum atomic E-state index is 9.72. The lowest BCUT2D eigenvalue weighted by molar-refractivity contribution is 0.0678. The first-order valence-corrected chi connectivity index (χ1v) is 6.48. The van der Waals surface area contributed by atoms with Gasteiger partial charge in [-0.05, 0) is 30.7 Å². The Morgan fingerprint density at radius 1 is 1.06 bits per heavy atom. The predicted octanol–water partition coefficient (Wildman–Crippen LogP) is 3.39. The third kappa shape index (κ3) is 7.14. The molecule has 0 amide bonds. The molecule has 2 nitrogen and oxygen atoms in total. The van der Waals surface area contributed by atoms with Gasteiger partial charge in [-0.3, -0.25) is 0 Å². The van der Waals surface area contributed by atoms with Crippen LogP contribution in [0.15, 0.2) is 30.3 Å². The Morgan fingerprint density at radius 3 is 2.41 bits per heavy atom. The lowest BCUT2D eigenvalue weighted by atomic mass is 10.0. The molecule has 1 rings (SSSR count). The van der Waals surface area contributed by atoms with E-state index in [4.69, 9.17) is 4.74 Å². The quantitative estimate of drug-likeness (QED) is 0.701. The van der Waals surface area contributed by atoms with Gasteiger partial charge in [-0.15, -0.1) is 0 Å². The fourth-order valence-corrected chi connectivity index (χ4v) is 1.65. The lowest BCUT2D eigenvalue weighted by Crippen LogP contribution is -2.11. The first-order valence-electron chi connectivity index (χ1n) is 6.48. The van der Waals surface area contributed by atoms with Crippen LogP contribution in [0.1, 0.15) is 38.7 Å². The predicted molar refractivity (Wildman–Crippen MR) is 70.8 cm³/mol. The van der Waals surface area contributed by atoms with Crippen LogP contribution in [0.25, 0.3) is 0 Å². The van der Waals surface area contributed by atoms with E-state index in [2.05, 4.69) is 26.0 Å². The van der Waals surface area contributed by atoms with Gasteiger partial charge in [0, 0.05) is 6.61 Å². The topological polar surface area (TPSA) is 29.5 Å². The van der Waals surface area contributed by atoms with Crippen molar-refractivity contribution in [3.05, 3.63) is 35.9 Å². The highest BCUT2D eigenvalue weighted by Gasteiger charge is 2.05. The van der Waals surface area contributed by atoms with Gasteiger partial charge in [0.1, 0.15) is 0 Å². The van der Waals surface area contributed by atoms with Crippen LogP contribution in [-0.4, -0.2) is 17.8 Å². The molecule has 0 aromatic heterocycles. The summed E-state index contributed by atoms with van der Waals surface area (Å²) >= 11 is 0. The molecular weight excluding hydrogens is 212 g/mol. The van der Waals surface area contributed by atoms with Gasteiger partial charge in [0.25, 0.3) is 0 Å². The molecule has 1 unspecified atom stereocenters. The van der Waals surface area contributed by atoms with E-state index in [0.717, 1.165) is 19.3 Å². The third-order valence-corrected chi connectivity index (χ3v) is 2.78. The summed E-state index contributed by atoms with van der Waals surface area (Å²) in [6, 6.07) is 10.1. The highest BCUT2D eigenvalue weighted by atomic mass is 16.5. The number of benzene rings is 1. The molecule has 1 atom stereocenters. The number of hydrogen-bond donors (Lipinski definition) is 1. The lowest BCUT2D eigenvalue weighted by Gasteiger charge is -2.12. The van der Waals surface area contributed by atoms with Gasteiger partial charge in [0.2, 0.25) is 0 Å². The molecule has 0 fully saturated rings. The van der Waals surface area contributed by atoms with Crippen molar-refractivity contribution in [2.24, 2.45) is 5.92 Å². The minimum Gasteiger partial charge on any atom is -0.393 e. The van der Waals surface area contributed by atoms with Gasteiger partial charge in [0.15, 0.2) is 0 Å². The maximum Gasteiger partial charge on any atom is 0.0716 e. The second-order valence-electron chi connectivity index (χ2n) is 4.95. The summed E-state index contributed by atoms with van der Waals surface area (Å²) in [5.74, 6) is 0.662. The van der Waals surface area contributed by atoms with Crippen LogP contribution in [0, 0.1) is 5.92 Å². The smallest absolute Gasteiger partial charge is 0.0716 e. The zero-order valence-electron chi connectivity index (χ0n) is 10.9. The van der Waals surface area contributed by atoms with Crippen molar-refractivity contribution in [3.63, 3.8) is 0 Å². The summed E-state index contributed by atoms with van der Waals surface area (Å²) in [4.78, 5) is 0. The van der Waals surface area contributed by atoms with Gasteiger partial charge < -0.3 is 9.84 Å². The van der Waals surface area contributed by atoms with Crippen LogP contribution in [-0.2, 0) is 11.3 Å². The van der Waals surface area contributed by atoms with E-state index in [0.29, 0.717) is 19.1 Å². The largest absolute Gasteiger partial charge is 0.393 e. The molecule has 0 heterocycles. The summed E-state index contributed by atoms with van der Waals surface area (Å²) in [7, 11) is 0. The standard InChI is InChI=1S/C15H24O2/c1-13(2)8-9-15(16)10-11-17-12-14-6-4-3-5-7-14/h3-7,13,15-16H,8-12H2,1-2H3. The average molecular weight is 236 g/mol. The molecule has 1 aromatic rings. The van der Waals surface area contributed by atoms with Crippen molar-refractivity contribution in [3.8, 4) is 0 Å². The number of hydrogen-bond acceptors (Lipinski definition) is 2. The highest BCUT2D eigenvalue weighted by Crippen LogP contribution is 2.09. The minimum atomic E-state index is -0.215. The van der Waals surface area contributed by atoms with E-state index in [-0.39, 0.29) is 6.10 Å². The molecule has 0 aliphatic carbocycles. The second-order valence-corrected chi connectivity index (χ2v) is 4.95. The molecule has 1 N–H and O–H groups in total. The molecule has 0 bridgehead atoms. The Balaban J connectivity index is 2.04. The third-order valence-electron chi connectivity index (χ3n) is 2.78. The summed E-state index contributed by atoms with van der Waals surface area (Å²) in [5.41, 5.74) is 1.18. The maximum absolute atomic E-state index is 9.72. The SMILES string of the molecule is CC(C)CCC(O)CCOCc1ccccc1. The minimum absolute atomic E-state index is 0.215. The van der Waals surface area contributed by atoms with E-state index in [1.807, 2.05) is 18.2 Å². The monoisotopic (exact) mass is 236 g/mol. The zero-order valence-corrected chi connectivity index (χ0v) is 10.9. The van der Waals surface area contributed by atoms with Crippen molar-refractivity contribution in [2.75, 3.05) is 6.61 Å². The van der Waals surface area contributed by atoms with Crippen molar-refractivity contribution < 1.29 is 9.84 Å². The van der Waals surface area contributed by atoms with E-state index in [1.165, 1.54) is 5.56 Å². The van der Waals surface area contributed by atoms with Gasteiger partial charge in [0.05, 0.1) is 12.7 Å². The Bertz CT molecular complexity index is 282. The molecule has 0 aliphatic heterocycles. The van der Waals surface area contributed by atoms with Crippen LogP contribution in [0.4, 0.5) is 0 Å². The molecule has 0 saturated carbocycles. The number of aliphatic hydroxyl groups excluding tert-OH is 1. The molecule has 0 spiro atoms. The summed E-state index contributed by atoms with van der Waals surface area (Å²) in [5, 5.41) is 9.72. The Hall–Kier alpha value is -0.860. The summed E-state index contributed by atoms with van der Waals surface area (Å²) in [6.45, 7) is 5.63. The first kappa shape index (κ1) is 14.2. The number of aliphatic hydroxyl groups is 1. The Kier molecular flexibility index (Phi) is 6.90. The molecule has 0 saturated heterocycles. The molecule has 96 valence electrons. The zero-order chi connectivity index (χ0) is 12.5. The number of rotatable bonds is 8. The highest BCUT2D eigenvalue weighted by molar-refractivity contribution is 5.13. The molecular formula is C15H24O2. The summed E-state index contributed by atoms with van der Waals surface area (Å²) in [6.07, 6.45) is 2.49. The van der Waals surface area contributed by atoms with Gasteiger partial charge in [-0.1, -0.05) is 44.2 Å². The Morgan fingerprint density at radius 2 is 1.76 bits per heavy atom. The van der Waals surface area contributed by atoms with Crippen LogP contribution in [0.5, 0.6) is 0 Å². The molecule has 0 aliphatic rings. The summed E-state index contributed by atoms with van der Waals surface area (Å²) < 4.78 is 5.54. The fraction of sp³-hybridized carbons (Fsp3) is 0.600. The van der Waals surface area contributed by atoms with Gasteiger partial charge >= 0.3 is 0 Å². The van der Waals surface area contributed by atoms with Crippen molar-refractivity contribution >= 4 is 0 Å². The van der Waals surface area contributed by atoms with Crippen LogP contribution >= 0.6 is 0 Å². The Labute approximate surface area is 105 Å². The number of ether oxygens (including phenoxy) is 1. The van der Waals surface area contributed by atoms with Crippen molar-refractivity contribution in [2.45, 2.75) is 45.8 Å². The normalized spacial score (nSPS) is 12.9. The van der Waals surface area contributed by atoms with E-state index in [1.54, 1.807) is 0 Å². The van der Waals surface area contributed by atoms with Gasteiger partial charge in [-0.25, -0.2) is 0 Å². The average Bonchev–Trinajstić information content (AvgIpc) is 2.33. The molecule has 1 aromatic carbocycles. The second kappa shape index (κ2) is 8.26. The van der Waals surface area contributed by atoms with Crippen molar-refractivity contribution in [1.82, 2.24) is 0 Å². The molecule has 0 radical (unpaired) electrons. The van der Waals surface area contributed by atoms with E-state index in [9.17, 15) is 5.11 Å². The van der Waals surface area contributed by atoms with Crippen LogP contribution < -0.4 is 0 Å². The molecule has 2 heteroatoms. The van der Waals surface area contributed by atoms with E-state index >= 15 is 0 Å². The van der Waals surface area contributed by atoms with Crippen molar-refractivity contribution in [1.29, 1.82) is 0 Å². The van der Waals surface area contributed by atoms with E-state index < -0.39 is 0 Å².